The Hall–Kier alpha value is -1.26. The van der Waals surface area contributed by atoms with Crippen molar-refractivity contribution in [2.45, 2.75) is 52.0 Å². The largest absolute Gasteiger partial charge is 0.443 e. The second-order valence-electron chi connectivity index (χ2n) is 3.73. The Kier molecular flexibility index (Phi) is 4.93. The zero-order chi connectivity index (χ0) is 11.1. The van der Waals surface area contributed by atoms with Crippen molar-refractivity contribution in [1.82, 2.24) is 9.72 Å². The Morgan fingerprint density at radius 2 is 1.93 bits per heavy atom. The molecule has 0 aliphatic heterocycles. The standard InChI is InChI=1S/C10H19N3O2/c1-2-3-4-5-6-7-8-13-9(11)12-15-10(13)14/h2-8H2,1H3,(H2,11,12). The number of unbranched alkanes of at least 4 members (excludes halogenated alkanes) is 5. The van der Waals surface area contributed by atoms with Crippen LogP contribution in [0.3, 0.4) is 0 Å². The summed E-state index contributed by atoms with van der Waals surface area (Å²) in [6.45, 7) is 2.80. The van der Waals surface area contributed by atoms with Crippen LogP contribution in [0.4, 0.5) is 5.95 Å². The summed E-state index contributed by atoms with van der Waals surface area (Å²) in [5.41, 5.74) is 5.46. The van der Waals surface area contributed by atoms with E-state index in [1.807, 2.05) is 0 Å². The Balaban J connectivity index is 2.18. The van der Waals surface area contributed by atoms with Crippen LogP contribution in [-0.2, 0) is 6.54 Å². The lowest BCUT2D eigenvalue weighted by atomic mass is 10.1. The lowest BCUT2D eigenvalue weighted by Crippen LogP contribution is -2.16. The first-order valence-corrected chi connectivity index (χ1v) is 5.57. The van der Waals surface area contributed by atoms with Crippen molar-refractivity contribution in [1.29, 1.82) is 0 Å². The Morgan fingerprint density at radius 3 is 2.53 bits per heavy atom. The fourth-order valence-corrected chi connectivity index (χ4v) is 1.53. The molecule has 0 aliphatic carbocycles. The molecule has 0 saturated heterocycles. The monoisotopic (exact) mass is 213 g/mol. The molecule has 1 aromatic heterocycles. The molecule has 5 heteroatoms. The van der Waals surface area contributed by atoms with Crippen molar-refractivity contribution >= 4 is 5.95 Å². The molecule has 1 aromatic rings. The van der Waals surface area contributed by atoms with Crippen molar-refractivity contribution in [3.05, 3.63) is 10.6 Å². The van der Waals surface area contributed by atoms with Gasteiger partial charge in [-0.2, -0.15) is 0 Å². The molecule has 0 atom stereocenters. The highest BCUT2D eigenvalue weighted by Crippen LogP contribution is 2.06. The van der Waals surface area contributed by atoms with Gasteiger partial charge in [-0.15, -0.1) is 0 Å². The van der Waals surface area contributed by atoms with Crippen LogP contribution >= 0.6 is 0 Å². The van der Waals surface area contributed by atoms with Crippen LogP contribution < -0.4 is 11.5 Å². The van der Waals surface area contributed by atoms with Gasteiger partial charge in [0.05, 0.1) is 0 Å². The molecule has 15 heavy (non-hydrogen) atoms. The van der Waals surface area contributed by atoms with E-state index in [0.717, 1.165) is 12.8 Å². The molecule has 0 bridgehead atoms. The predicted octanol–water partition coefficient (Wildman–Crippen LogP) is 1.78. The van der Waals surface area contributed by atoms with Gasteiger partial charge in [0.25, 0.3) is 0 Å². The number of rotatable bonds is 7. The molecule has 86 valence electrons. The van der Waals surface area contributed by atoms with E-state index < -0.39 is 5.76 Å². The zero-order valence-corrected chi connectivity index (χ0v) is 9.24. The summed E-state index contributed by atoms with van der Waals surface area (Å²) < 4.78 is 5.80. The van der Waals surface area contributed by atoms with Crippen LogP contribution in [-0.4, -0.2) is 9.72 Å². The molecule has 0 aliphatic rings. The van der Waals surface area contributed by atoms with Gasteiger partial charge in [-0.05, 0) is 11.6 Å². The molecule has 0 unspecified atom stereocenters. The van der Waals surface area contributed by atoms with Crippen molar-refractivity contribution in [3.8, 4) is 0 Å². The van der Waals surface area contributed by atoms with Crippen LogP contribution in [0.5, 0.6) is 0 Å². The fourth-order valence-electron chi connectivity index (χ4n) is 1.53. The van der Waals surface area contributed by atoms with Gasteiger partial charge in [0, 0.05) is 6.54 Å². The van der Waals surface area contributed by atoms with E-state index in [9.17, 15) is 4.79 Å². The van der Waals surface area contributed by atoms with Crippen LogP contribution in [0, 0.1) is 0 Å². The summed E-state index contributed by atoms with van der Waals surface area (Å²) in [5.74, 6) is -0.283. The molecule has 0 amide bonds. The van der Waals surface area contributed by atoms with Crippen LogP contribution in [0.1, 0.15) is 45.4 Å². The van der Waals surface area contributed by atoms with Crippen LogP contribution in [0.25, 0.3) is 0 Å². The SMILES string of the molecule is CCCCCCCCn1c(N)noc1=O. The molecule has 1 heterocycles. The van der Waals surface area contributed by atoms with Crippen molar-refractivity contribution < 1.29 is 4.52 Å². The topological polar surface area (TPSA) is 74.1 Å². The van der Waals surface area contributed by atoms with E-state index in [2.05, 4.69) is 16.6 Å². The van der Waals surface area contributed by atoms with E-state index in [0.29, 0.717) is 6.54 Å². The number of nitrogen functional groups attached to an aromatic ring is 1. The first kappa shape index (κ1) is 11.8. The van der Waals surface area contributed by atoms with Gasteiger partial charge < -0.3 is 5.73 Å². The highest BCUT2D eigenvalue weighted by molar-refractivity contribution is 5.11. The minimum absolute atomic E-state index is 0.175. The Morgan fingerprint density at radius 1 is 1.27 bits per heavy atom. The van der Waals surface area contributed by atoms with E-state index in [4.69, 9.17) is 5.73 Å². The van der Waals surface area contributed by atoms with Gasteiger partial charge >= 0.3 is 5.76 Å². The number of hydrogen-bond donors (Lipinski definition) is 1. The molecule has 0 radical (unpaired) electrons. The molecule has 0 aromatic carbocycles. The number of nitrogens with zero attached hydrogens (tertiary/aromatic N) is 2. The minimum Gasteiger partial charge on any atom is -0.367 e. The van der Waals surface area contributed by atoms with E-state index in [-0.39, 0.29) is 5.95 Å². The summed E-state index contributed by atoms with van der Waals surface area (Å²) in [7, 11) is 0. The third kappa shape index (κ3) is 3.77. The third-order valence-corrected chi connectivity index (χ3v) is 2.45. The van der Waals surface area contributed by atoms with Crippen LogP contribution in [0.2, 0.25) is 0 Å². The Bertz CT molecular complexity index is 330. The van der Waals surface area contributed by atoms with Crippen molar-refractivity contribution in [2.24, 2.45) is 0 Å². The maximum absolute atomic E-state index is 11.1. The number of aromatic nitrogens is 2. The average Bonchev–Trinajstić information content (AvgIpc) is 2.54. The molecule has 0 saturated carbocycles. The second kappa shape index (κ2) is 6.27. The Labute approximate surface area is 89.2 Å². The first-order chi connectivity index (χ1) is 7.25. The quantitative estimate of drug-likeness (QED) is 0.700. The van der Waals surface area contributed by atoms with Gasteiger partial charge in [0.15, 0.2) is 0 Å². The molecule has 2 N–H and O–H groups in total. The molecular weight excluding hydrogens is 194 g/mol. The number of nitrogens with two attached hydrogens (primary N) is 1. The van der Waals surface area contributed by atoms with Crippen LogP contribution in [0.15, 0.2) is 9.32 Å². The van der Waals surface area contributed by atoms with Gasteiger partial charge in [-0.25, -0.2) is 9.36 Å². The smallest absolute Gasteiger partial charge is 0.367 e. The first-order valence-electron chi connectivity index (χ1n) is 5.57. The normalized spacial score (nSPS) is 10.7. The molecule has 0 spiro atoms. The fraction of sp³-hybridized carbons (Fsp3) is 0.800. The zero-order valence-electron chi connectivity index (χ0n) is 9.24. The minimum atomic E-state index is -0.457. The van der Waals surface area contributed by atoms with Crippen molar-refractivity contribution in [2.75, 3.05) is 5.73 Å². The molecule has 1 rings (SSSR count). The predicted molar refractivity (Wildman–Crippen MR) is 58.6 cm³/mol. The summed E-state index contributed by atoms with van der Waals surface area (Å²) in [6.07, 6.45) is 7.10. The second-order valence-corrected chi connectivity index (χ2v) is 3.73. The number of anilines is 1. The summed E-state index contributed by atoms with van der Waals surface area (Å²) in [5, 5.41) is 3.40. The van der Waals surface area contributed by atoms with E-state index >= 15 is 0 Å². The lowest BCUT2D eigenvalue weighted by molar-refractivity contribution is 0.374. The maximum Gasteiger partial charge on any atom is 0.443 e. The molecule has 0 fully saturated rings. The highest BCUT2D eigenvalue weighted by Gasteiger charge is 2.05. The number of hydrogen-bond acceptors (Lipinski definition) is 4. The summed E-state index contributed by atoms with van der Waals surface area (Å²) >= 11 is 0. The van der Waals surface area contributed by atoms with Crippen molar-refractivity contribution in [3.63, 3.8) is 0 Å². The third-order valence-electron chi connectivity index (χ3n) is 2.45. The highest BCUT2D eigenvalue weighted by atomic mass is 16.5. The summed E-state index contributed by atoms with van der Waals surface area (Å²) in [4.78, 5) is 11.1. The summed E-state index contributed by atoms with van der Waals surface area (Å²) in [6, 6.07) is 0. The van der Waals surface area contributed by atoms with Gasteiger partial charge in [-0.1, -0.05) is 39.0 Å². The van der Waals surface area contributed by atoms with E-state index in [1.165, 1.54) is 30.3 Å². The van der Waals surface area contributed by atoms with Gasteiger partial charge in [0.1, 0.15) is 0 Å². The molecule has 5 nitrogen and oxygen atoms in total. The van der Waals surface area contributed by atoms with E-state index in [1.54, 1.807) is 0 Å². The maximum atomic E-state index is 11.1. The average molecular weight is 213 g/mol. The molecular formula is C10H19N3O2. The van der Waals surface area contributed by atoms with Gasteiger partial charge in [-0.3, -0.25) is 4.52 Å². The van der Waals surface area contributed by atoms with Gasteiger partial charge in [0.2, 0.25) is 5.95 Å². The lowest BCUT2D eigenvalue weighted by Gasteiger charge is -2.01.